The van der Waals surface area contributed by atoms with Gasteiger partial charge in [-0.1, -0.05) is 99.7 Å². The third-order valence-corrected chi connectivity index (χ3v) is 22.3. The van der Waals surface area contributed by atoms with E-state index in [1.54, 1.807) is 4.57 Å². The predicted octanol–water partition coefficient (Wildman–Crippen LogP) is 10.4. The summed E-state index contributed by atoms with van der Waals surface area (Å²) in [5.41, 5.74) is 4.52. The Hall–Kier alpha value is -3.02. The number of amides is 2. The van der Waals surface area contributed by atoms with Crippen LogP contribution in [0.2, 0.25) is 34.8 Å². The molecule has 2 amide bonds. The molecule has 3 heterocycles. The maximum atomic E-state index is 14.5. The maximum absolute atomic E-state index is 14.5. The first-order valence-electron chi connectivity index (χ1n) is 15.9. The highest BCUT2D eigenvalue weighted by Crippen LogP contribution is 2.48. The summed E-state index contributed by atoms with van der Waals surface area (Å²) in [5.74, 6) is 0.257. The number of nitrogens with zero attached hydrogens (tertiary/aromatic N) is 2. The van der Waals surface area contributed by atoms with Gasteiger partial charge in [-0.05, 0) is 67.2 Å². The molecule has 0 bridgehead atoms. The number of hydrogen-bond acceptors (Lipinski definition) is 4. The highest BCUT2D eigenvalue weighted by atomic mass is 79.9. The van der Waals surface area contributed by atoms with Crippen LogP contribution in [0.4, 0.5) is 0 Å². The Morgan fingerprint density at radius 3 is 2.04 bits per heavy atom. The molecule has 0 fully saturated rings. The first-order valence-corrected chi connectivity index (χ1v) is 21.8. The van der Waals surface area contributed by atoms with Crippen LogP contribution in [0.3, 0.4) is 0 Å². The largest absolute Gasteiger partial charge is 0.543 e. The number of aromatic nitrogens is 2. The minimum Gasteiger partial charge on any atom is -0.543 e. The molecule has 6 nitrogen and oxygen atoms in total. The highest BCUT2D eigenvalue weighted by molar-refractivity contribution is 9.12. The number of rotatable bonds is 8. The lowest BCUT2D eigenvalue weighted by molar-refractivity contribution is -0.131. The summed E-state index contributed by atoms with van der Waals surface area (Å²) in [7, 11) is -4.81. The number of hydrogen-bond donors (Lipinski definition) is 1. The van der Waals surface area contributed by atoms with Crippen molar-refractivity contribution < 1.29 is 14.0 Å². The molecule has 5 rings (SSSR count). The molecule has 0 saturated carbocycles. The smallest absolute Gasteiger partial charge is 0.260 e. The summed E-state index contributed by atoms with van der Waals surface area (Å²) >= 11 is 3.62. The predicted molar refractivity (Wildman–Crippen MR) is 196 cm³/mol. The van der Waals surface area contributed by atoms with Crippen LogP contribution in [0.1, 0.15) is 67.9 Å². The van der Waals surface area contributed by atoms with Crippen LogP contribution in [0.5, 0.6) is 5.75 Å². The number of H-pyrrole nitrogens is 1. The molecule has 1 N–H and O–H groups in total. The molecule has 2 aromatic carbocycles. The van der Waals surface area contributed by atoms with Crippen LogP contribution in [-0.4, -0.2) is 42.9 Å². The molecule has 238 valence electrons. The molecule has 1 aliphatic rings. The first kappa shape index (κ1) is 33.4. The number of halogens is 1. The second kappa shape index (κ2) is 11.7. The van der Waals surface area contributed by atoms with Crippen LogP contribution >= 0.6 is 15.9 Å². The van der Waals surface area contributed by atoms with Gasteiger partial charge in [0.25, 0.3) is 20.1 Å². The second-order valence-electron chi connectivity index (χ2n) is 14.9. The number of benzene rings is 2. The van der Waals surface area contributed by atoms with Crippen molar-refractivity contribution in [1.29, 1.82) is 0 Å². The summed E-state index contributed by atoms with van der Waals surface area (Å²) in [6, 6.07) is 16.2. The number of imide groups is 1. The SMILES string of the molecule is CC(C)[Si](Oc1ccc2[nH]c(-c3cc4ccccc4cn3)c(C3=C(Br)C(=O)N([Si](C)(C)C(C)(C)C)C3=O)c2c1)(C(C)C)C(C)C. The standard InChI is InChI=1S/C36H46BrN3O3Si2/c1-21(2)45(22(3)4,23(5)6)43-26-16-17-28-27(19-26)30(33(39-28)29-18-24-14-12-13-15-25(24)20-38-29)31-32(37)35(42)40(34(31)41)44(10,11)36(7,8)9/h12-23,39H,1-11H3. The van der Waals surface area contributed by atoms with Gasteiger partial charge >= 0.3 is 0 Å². The molecule has 0 spiro atoms. The van der Waals surface area contributed by atoms with E-state index >= 15 is 0 Å². The number of pyridine rings is 1. The normalized spacial score (nSPS) is 15.2. The van der Waals surface area contributed by atoms with Gasteiger partial charge in [-0.25, -0.2) is 0 Å². The molecule has 4 aromatic rings. The fourth-order valence-electron chi connectivity index (χ4n) is 7.03. The fourth-order valence-corrected chi connectivity index (χ4v) is 14.9. The van der Waals surface area contributed by atoms with Crippen molar-refractivity contribution in [2.45, 2.75) is 97.1 Å². The number of nitrogens with one attached hydrogen (secondary N) is 1. The van der Waals surface area contributed by atoms with Gasteiger partial charge in [0.05, 0.1) is 21.4 Å². The molecular weight excluding hydrogens is 658 g/mol. The maximum Gasteiger partial charge on any atom is 0.260 e. The van der Waals surface area contributed by atoms with Crippen LogP contribution in [0.15, 0.2) is 59.2 Å². The molecule has 0 radical (unpaired) electrons. The van der Waals surface area contributed by atoms with Crippen molar-refractivity contribution >= 4 is 71.5 Å². The third kappa shape index (κ3) is 5.34. The molecular formula is C36H46BrN3O3Si2. The van der Waals surface area contributed by atoms with Crippen molar-refractivity contribution in [3.8, 4) is 17.1 Å². The third-order valence-electron chi connectivity index (χ3n) is 10.3. The van der Waals surface area contributed by atoms with Crippen molar-refractivity contribution in [2.75, 3.05) is 0 Å². The number of carbonyl (C=O) groups is 2. The summed E-state index contributed by atoms with van der Waals surface area (Å²) in [4.78, 5) is 36.9. The quantitative estimate of drug-likeness (QED) is 0.146. The fraction of sp³-hybridized carbons (Fsp3) is 0.417. The van der Waals surface area contributed by atoms with E-state index in [2.05, 4.69) is 108 Å². The van der Waals surface area contributed by atoms with Gasteiger partial charge in [0, 0.05) is 28.0 Å². The van der Waals surface area contributed by atoms with E-state index in [0.29, 0.717) is 43.6 Å². The van der Waals surface area contributed by atoms with E-state index in [-0.39, 0.29) is 16.9 Å². The van der Waals surface area contributed by atoms with Crippen LogP contribution in [-0.2, 0) is 9.59 Å². The summed E-state index contributed by atoms with van der Waals surface area (Å²) in [6.45, 7) is 24.2. The molecule has 0 aliphatic carbocycles. The Kier molecular flexibility index (Phi) is 8.64. The lowest BCUT2D eigenvalue weighted by atomic mass is 9.99. The van der Waals surface area contributed by atoms with E-state index in [9.17, 15) is 9.59 Å². The van der Waals surface area contributed by atoms with Crippen LogP contribution in [0.25, 0.3) is 38.6 Å². The van der Waals surface area contributed by atoms with E-state index in [1.165, 1.54) is 0 Å². The molecule has 0 unspecified atom stereocenters. The van der Waals surface area contributed by atoms with Gasteiger partial charge in [-0.2, -0.15) is 0 Å². The van der Waals surface area contributed by atoms with E-state index in [4.69, 9.17) is 9.41 Å². The molecule has 45 heavy (non-hydrogen) atoms. The Labute approximate surface area is 278 Å². The summed E-state index contributed by atoms with van der Waals surface area (Å²) < 4.78 is 8.95. The van der Waals surface area contributed by atoms with Crippen molar-refractivity contribution in [1.82, 2.24) is 14.5 Å². The Morgan fingerprint density at radius 2 is 1.47 bits per heavy atom. The van der Waals surface area contributed by atoms with Crippen molar-refractivity contribution in [3.63, 3.8) is 0 Å². The number of fused-ring (bicyclic) bond motifs is 2. The van der Waals surface area contributed by atoms with Gasteiger partial charge in [0.2, 0.25) is 0 Å². The van der Waals surface area contributed by atoms with Crippen molar-refractivity contribution in [2.24, 2.45) is 0 Å². The van der Waals surface area contributed by atoms with Crippen LogP contribution in [0, 0.1) is 0 Å². The molecule has 0 saturated heterocycles. The monoisotopic (exact) mass is 703 g/mol. The number of carbonyl (C=O) groups excluding carboxylic acids is 2. The average molecular weight is 705 g/mol. The van der Waals surface area contributed by atoms with E-state index in [0.717, 1.165) is 27.4 Å². The minimum atomic E-state index is -2.56. The summed E-state index contributed by atoms with van der Waals surface area (Å²) in [5, 5.41) is 2.69. The van der Waals surface area contributed by atoms with E-state index in [1.807, 2.05) is 42.6 Å². The summed E-state index contributed by atoms with van der Waals surface area (Å²) in [6.07, 6.45) is 1.86. The topological polar surface area (TPSA) is 75.3 Å². The first-order chi connectivity index (χ1) is 20.9. The number of aromatic amines is 1. The van der Waals surface area contributed by atoms with Gasteiger partial charge in [-0.15, -0.1) is 0 Å². The van der Waals surface area contributed by atoms with Gasteiger partial charge in [0.15, 0.2) is 8.24 Å². The zero-order valence-electron chi connectivity index (χ0n) is 28.4. The zero-order chi connectivity index (χ0) is 33.2. The Bertz CT molecular complexity index is 1830. The zero-order valence-corrected chi connectivity index (χ0v) is 32.0. The van der Waals surface area contributed by atoms with Crippen molar-refractivity contribution in [3.05, 3.63) is 64.8 Å². The molecule has 0 atom stereocenters. The van der Waals surface area contributed by atoms with Gasteiger partial charge in [-0.3, -0.25) is 14.6 Å². The van der Waals surface area contributed by atoms with E-state index < -0.39 is 16.6 Å². The molecule has 2 aromatic heterocycles. The van der Waals surface area contributed by atoms with Crippen LogP contribution < -0.4 is 4.43 Å². The highest BCUT2D eigenvalue weighted by Gasteiger charge is 2.53. The lowest BCUT2D eigenvalue weighted by Crippen LogP contribution is -2.57. The average Bonchev–Trinajstić information content (AvgIpc) is 3.43. The lowest BCUT2D eigenvalue weighted by Gasteiger charge is -2.42. The Morgan fingerprint density at radius 1 is 0.867 bits per heavy atom. The van der Waals surface area contributed by atoms with Gasteiger partial charge in [0.1, 0.15) is 5.75 Å². The second-order valence-corrected chi connectivity index (χ2v) is 26.1. The van der Waals surface area contributed by atoms with Gasteiger partial charge < -0.3 is 14.0 Å². The Balaban J connectivity index is 1.78. The molecule has 1 aliphatic heterocycles. The molecule has 9 heteroatoms. The minimum absolute atomic E-state index is 0.219.